The van der Waals surface area contributed by atoms with E-state index in [0.717, 1.165) is 25.8 Å². The summed E-state index contributed by atoms with van der Waals surface area (Å²) in [5.41, 5.74) is 0. The molecule has 0 aromatic rings. The zero-order valence-corrected chi connectivity index (χ0v) is 8.78. The number of nitro groups is 1. The van der Waals surface area contributed by atoms with Crippen LogP contribution in [-0.2, 0) is 0 Å². The van der Waals surface area contributed by atoms with Gasteiger partial charge in [0.25, 0.3) is 0 Å². The molecule has 0 aliphatic carbocycles. The molecule has 0 unspecified atom stereocenters. The van der Waals surface area contributed by atoms with Crippen LogP contribution in [0.15, 0.2) is 0 Å². The SMILES string of the molecule is O=[N+]([O-])CCCCCN1CCCCC1. The molecule has 1 aliphatic heterocycles. The smallest absolute Gasteiger partial charge is 0.203 e. The molecule has 1 rings (SSSR count). The van der Waals surface area contributed by atoms with Gasteiger partial charge in [-0.15, -0.1) is 0 Å². The van der Waals surface area contributed by atoms with Crippen molar-refractivity contribution in [3.8, 4) is 0 Å². The van der Waals surface area contributed by atoms with E-state index >= 15 is 0 Å². The molecule has 1 fully saturated rings. The molecular weight excluding hydrogens is 180 g/mol. The van der Waals surface area contributed by atoms with Gasteiger partial charge in [0.1, 0.15) is 0 Å². The summed E-state index contributed by atoms with van der Waals surface area (Å²) in [4.78, 5) is 12.3. The van der Waals surface area contributed by atoms with Crippen molar-refractivity contribution in [1.82, 2.24) is 4.90 Å². The van der Waals surface area contributed by atoms with Gasteiger partial charge in [-0.25, -0.2) is 0 Å². The summed E-state index contributed by atoms with van der Waals surface area (Å²) in [6.07, 6.45) is 6.88. The van der Waals surface area contributed by atoms with Crippen molar-refractivity contribution in [3.05, 3.63) is 10.1 Å². The lowest BCUT2D eigenvalue weighted by molar-refractivity contribution is -0.480. The molecule has 4 heteroatoms. The van der Waals surface area contributed by atoms with E-state index in [4.69, 9.17) is 0 Å². The van der Waals surface area contributed by atoms with Crippen LogP contribution in [0.2, 0.25) is 0 Å². The standard InChI is InChI=1S/C10H20N2O2/c13-12(14)10-6-2-5-9-11-7-3-1-4-8-11/h1-10H2. The second-order valence-corrected chi connectivity index (χ2v) is 4.02. The maximum atomic E-state index is 10.1. The predicted molar refractivity (Wildman–Crippen MR) is 56.0 cm³/mol. The highest BCUT2D eigenvalue weighted by Gasteiger charge is 2.08. The number of hydrogen-bond donors (Lipinski definition) is 0. The summed E-state index contributed by atoms with van der Waals surface area (Å²) in [6, 6.07) is 0. The minimum absolute atomic E-state index is 0.139. The summed E-state index contributed by atoms with van der Waals surface area (Å²) in [6.45, 7) is 3.74. The third-order valence-corrected chi connectivity index (χ3v) is 2.76. The van der Waals surface area contributed by atoms with Gasteiger partial charge in [-0.1, -0.05) is 6.42 Å². The van der Waals surface area contributed by atoms with E-state index in [2.05, 4.69) is 4.90 Å². The summed E-state index contributed by atoms with van der Waals surface area (Å²) in [5, 5.41) is 10.1. The summed E-state index contributed by atoms with van der Waals surface area (Å²) in [5.74, 6) is 0. The fourth-order valence-electron chi connectivity index (χ4n) is 1.94. The molecule has 0 saturated carbocycles. The number of nitrogens with zero attached hydrogens (tertiary/aromatic N) is 2. The molecule has 82 valence electrons. The molecule has 0 amide bonds. The van der Waals surface area contributed by atoms with Crippen molar-refractivity contribution < 1.29 is 4.92 Å². The Morgan fingerprint density at radius 3 is 2.43 bits per heavy atom. The van der Waals surface area contributed by atoms with E-state index in [1.54, 1.807) is 0 Å². The van der Waals surface area contributed by atoms with Crippen LogP contribution >= 0.6 is 0 Å². The molecule has 0 N–H and O–H groups in total. The fourth-order valence-corrected chi connectivity index (χ4v) is 1.94. The third-order valence-electron chi connectivity index (χ3n) is 2.76. The molecule has 0 radical (unpaired) electrons. The molecule has 0 aromatic heterocycles. The molecular formula is C10H20N2O2. The van der Waals surface area contributed by atoms with Gasteiger partial charge in [-0.2, -0.15) is 0 Å². The molecule has 0 bridgehead atoms. The lowest BCUT2D eigenvalue weighted by Gasteiger charge is -2.26. The van der Waals surface area contributed by atoms with Crippen LogP contribution in [-0.4, -0.2) is 36.0 Å². The van der Waals surface area contributed by atoms with Crippen LogP contribution < -0.4 is 0 Å². The van der Waals surface area contributed by atoms with Crippen LogP contribution in [0.1, 0.15) is 38.5 Å². The van der Waals surface area contributed by atoms with E-state index in [9.17, 15) is 10.1 Å². The maximum absolute atomic E-state index is 10.1. The lowest BCUT2D eigenvalue weighted by atomic mass is 10.1. The first-order valence-electron chi connectivity index (χ1n) is 5.63. The Balaban J connectivity index is 1.90. The van der Waals surface area contributed by atoms with Crippen molar-refractivity contribution >= 4 is 0 Å². The van der Waals surface area contributed by atoms with Crippen molar-refractivity contribution in [2.45, 2.75) is 38.5 Å². The van der Waals surface area contributed by atoms with Crippen molar-refractivity contribution in [3.63, 3.8) is 0 Å². The molecule has 0 atom stereocenters. The molecule has 4 nitrogen and oxygen atoms in total. The zero-order chi connectivity index (χ0) is 10.2. The van der Waals surface area contributed by atoms with Crippen molar-refractivity contribution in [1.29, 1.82) is 0 Å². The van der Waals surface area contributed by atoms with E-state index < -0.39 is 0 Å². The average molecular weight is 200 g/mol. The van der Waals surface area contributed by atoms with Crippen LogP contribution in [0.25, 0.3) is 0 Å². The first kappa shape index (κ1) is 11.4. The van der Waals surface area contributed by atoms with Gasteiger partial charge in [0.05, 0.1) is 0 Å². The highest BCUT2D eigenvalue weighted by Crippen LogP contribution is 2.09. The Morgan fingerprint density at radius 1 is 1.07 bits per heavy atom. The first-order valence-corrected chi connectivity index (χ1v) is 5.63. The summed E-state index contributed by atoms with van der Waals surface area (Å²) >= 11 is 0. The van der Waals surface area contributed by atoms with E-state index in [1.807, 2.05) is 0 Å². The summed E-state index contributed by atoms with van der Waals surface area (Å²) in [7, 11) is 0. The molecule has 1 aliphatic rings. The molecule has 0 aromatic carbocycles. The highest BCUT2D eigenvalue weighted by molar-refractivity contribution is 4.63. The van der Waals surface area contributed by atoms with Crippen molar-refractivity contribution in [2.75, 3.05) is 26.2 Å². The highest BCUT2D eigenvalue weighted by atomic mass is 16.6. The largest absolute Gasteiger partial charge is 0.303 e. The van der Waals surface area contributed by atoms with Gasteiger partial charge < -0.3 is 4.90 Å². The Morgan fingerprint density at radius 2 is 1.79 bits per heavy atom. The van der Waals surface area contributed by atoms with Crippen LogP contribution in [0, 0.1) is 10.1 Å². The Labute approximate surface area is 85.4 Å². The Hall–Kier alpha value is -0.640. The van der Waals surface area contributed by atoms with Gasteiger partial charge in [-0.3, -0.25) is 10.1 Å². The number of hydrogen-bond acceptors (Lipinski definition) is 3. The van der Waals surface area contributed by atoms with E-state index in [-0.39, 0.29) is 11.5 Å². The minimum Gasteiger partial charge on any atom is -0.303 e. The normalized spacial score (nSPS) is 18.3. The van der Waals surface area contributed by atoms with Gasteiger partial charge >= 0.3 is 0 Å². The van der Waals surface area contributed by atoms with Crippen molar-refractivity contribution in [2.24, 2.45) is 0 Å². The number of rotatable bonds is 6. The lowest BCUT2D eigenvalue weighted by Crippen LogP contribution is -2.30. The second kappa shape index (κ2) is 6.76. The molecule has 1 heterocycles. The van der Waals surface area contributed by atoms with Gasteiger partial charge in [-0.05, 0) is 45.3 Å². The maximum Gasteiger partial charge on any atom is 0.203 e. The van der Waals surface area contributed by atoms with Crippen LogP contribution in [0.4, 0.5) is 0 Å². The minimum atomic E-state index is -0.221. The molecule has 1 saturated heterocycles. The third kappa shape index (κ3) is 5.17. The summed E-state index contributed by atoms with van der Waals surface area (Å²) < 4.78 is 0. The second-order valence-electron chi connectivity index (χ2n) is 4.02. The van der Waals surface area contributed by atoms with Crippen LogP contribution in [0.5, 0.6) is 0 Å². The Bertz CT molecular complexity index is 168. The van der Waals surface area contributed by atoms with Gasteiger partial charge in [0.15, 0.2) is 0 Å². The quantitative estimate of drug-likeness (QED) is 0.374. The zero-order valence-electron chi connectivity index (χ0n) is 8.78. The molecule has 14 heavy (non-hydrogen) atoms. The van der Waals surface area contributed by atoms with Gasteiger partial charge in [0, 0.05) is 11.3 Å². The monoisotopic (exact) mass is 200 g/mol. The fraction of sp³-hybridized carbons (Fsp3) is 1.00. The topological polar surface area (TPSA) is 46.4 Å². The molecule has 0 spiro atoms. The first-order chi connectivity index (χ1) is 6.79. The van der Waals surface area contributed by atoms with Gasteiger partial charge in [0.2, 0.25) is 6.54 Å². The Kier molecular flexibility index (Phi) is 5.52. The number of piperidine rings is 1. The number of unbranched alkanes of at least 4 members (excludes halogenated alkanes) is 2. The number of likely N-dealkylation sites (tertiary alicyclic amines) is 1. The van der Waals surface area contributed by atoms with Crippen LogP contribution in [0.3, 0.4) is 0 Å². The van der Waals surface area contributed by atoms with E-state index in [0.29, 0.717) is 0 Å². The predicted octanol–water partition coefficient (Wildman–Crippen LogP) is 1.92. The van der Waals surface area contributed by atoms with E-state index in [1.165, 1.54) is 32.4 Å². The average Bonchev–Trinajstić information content (AvgIpc) is 2.18.